The van der Waals surface area contributed by atoms with Crippen molar-refractivity contribution in [1.82, 2.24) is 15.1 Å². The normalized spacial score (nSPS) is 21.7. The fourth-order valence-corrected chi connectivity index (χ4v) is 3.57. The highest BCUT2D eigenvalue weighted by Crippen LogP contribution is 2.38. The van der Waals surface area contributed by atoms with Crippen molar-refractivity contribution in [2.45, 2.75) is 32.7 Å². The highest BCUT2D eigenvalue weighted by molar-refractivity contribution is 6.31. The van der Waals surface area contributed by atoms with Crippen LogP contribution in [0.2, 0.25) is 0 Å². The maximum Gasteiger partial charge on any atom is 0.330 e. The first-order valence-corrected chi connectivity index (χ1v) is 8.83. The lowest BCUT2D eigenvalue weighted by Crippen LogP contribution is -2.74. The maximum atomic E-state index is 14.2. The van der Waals surface area contributed by atoms with Crippen LogP contribution in [0, 0.1) is 29.2 Å². The van der Waals surface area contributed by atoms with Gasteiger partial charge in [0.2, 0.25) is 5.54 Å². The lowest BCUT2D eigenvalue weighted by atomic mass is 9.88. The molecule has 2 heterocycles. The second-order valence-corrected chi connectivity index (χ2v) is 7.23. The Morgan fingerprint density at radius 1 is 0.867 bits per heavy atom. The summed E-state index contributed by atoms with van der Waals surface area (Å²) < 4.78 is 55.7. The van der Waals surface area contributed by atoms with Gasteiger partial charge in [-0.3, -0.25) is 29.4 Å². The number of halogens is 4. The Balaban J connectivity index is 2.23. The molecule has 1 aromatic carbocycles. The maximum absolute atomic E-state index is 14.2. The zero-order chi connectivity index (χ0) is 22.7. The molecule has 6 amide bonds. The number of benzene rings is 1. The average molecular weight is 429 g/mol. The molecule has 0 aliphatic carbocycles. The molecule has 1 N–H and O–H groups in total. The largest absolute Gasteiger partial charge is 0.330 e. The molecule has 160 valence electrons. The molecule has 0 saturated carbocycles. The summed E-state index contributed by atoms with van der Waals surface area (Å²) in [4.78, 5) is 64.0. The van der Waals surface area contributed by atoms with Gasteiger partial charge < -0.3 is 0 Å². The Kier molecular flexibility index (Phi) is 4.91. The number of barbiturate groups is 1. The molecule has 12 heteroatoms. The number of carbonyl (C=O) groups excluding carboxylic acids is 5. The van der Waals surface area contributed by atoms with E-state index in [0.29, 0.717) is 4.90 Å². The van der Waals surface area contributed by atoms with E-state index in [1.807, 2.05) is 5.32 Å². The zero-order valence-corrected chi connectivity index (χ0v) is 15.9. The van der Waals surface area contributed by atoms with Crippen molar-refractivity contribution in [3.05, 3.63) is 34.4 Å². The molecule has 30 heavy (non-hydrogen) atoms. The van der Waals surface area contributed by atoms with Gasteiger partial charge in [-0.05, 0) is 12.3 Å². The molecule has 0 spiro atoms. The summed E-state index contributed by atoms with van der Waals surface area (Å²) in [5, 5.41) is 1.85. The van der Waals surface area contributed by atoms with Gasteiger partial charge in [0.05, 0.1) is 11.1 Å². The van der Waals surface area contributed by atoms with Gasteiger partial charge in [0.25, 0.3) is 23.6 Å². The molecule has 1 unspecified atom stereocenters. The number of fused-ring (bicyclic) bond motifs is 1. The summed E-state index contributed by atoms with van der Waals surface area (Å²) in [5.41, 5.74) is -5.55. The number of hydrogen-bond acceptors (Lipinski definition) is 5. The Labute approximate surface area is 166 Å². The minimum absolute atomic E-state index is 0.0415. The van der Waals surface area contributed by atoms with Gasteiger partial charge in [-0.15, -0.1) is 0 Å². The third-order valence-corrected chi connectivity index (χ3v) is 4.98. The predicted octanol–water partition coefficient (Wildman–Crippen LogP) is 1.72. The van der Waals surface area contributed by atoms with Crippen LogP contribution in [0.4, 0.5) is 22.4 Å². The van der Waals surface area contributed by atoms with Crippen molar-refractivity contribution >= 4 is 29.7 Å². The molecule has 1 aromatic rings. The fraction of sp³-hybridized carbons (Fsp3) is 0.389. The predicted molar refractivity (Wildman–Crippen MR) is 89.9 cm³/mol. The van der Waals surface area contributed by atoms with Gasteiger partial charge in [-0.1, -0.05) is 20.8 Å². The Hall–Kier alpha value is -3.31. The smallest absolute Gasteiger partial charge is 0.275 e. The average Bonchev–Trinajstić information content (AvgIpc) is 2.94. The Morgan fingerprint density at radius 3 is 1.73 bits per heavy atom. The van der Waals surface area contributed by atoms with Crippen LogP contribution >= 0.6 is 0 Å². The van der Waals surface area contributed by atoms with Crippen molar-refractivity contribution in [3.8, 4) is 0 Å². The van der Waals surface area contributed by atoms with Crippen LogP contribution in [0.3, 0.4) is 0 Å². The molecular formula is C18H15F4N3O5. The molecule has 0 aromatic heterocycles. The molecule has 3 rings (SSSR count). The molecule has 1 fully saturated rings. The van der Waals surface area contributed by atoms with Crippen LogP contribution in [-0.2, 0) is 9.59 Å². The van der Waals surface area contributed by atoms with Crippen LogP contribution in [0.25, 0.3) is 0 Å². The van der Waals surface area contributed by atoms with E-state index in [4.69, 9.17) is 0 Å². The monoisotopic (exact) mass is 429 g/mol. The van der Waals surface area contributed by atoms with Crippen molar-refractivity contribution in [1.29, 1.82) is 0 Å². The van der Waals surface area contributed by atoms with Crippen LogP contribution in [0.5, 0.6) is 0 Å². The van der Waals surface area contributed by atoms with Crippen LogP contribution < -0.4 is 5.32 Å². The molecule has 0 radical (unpaired) electrons. The zero-order valence-electron chi connectivity index (χ0n) is 15.9. The van der Waals surface area contributed by atoms with E-state index in [2.05, 4.69) is 0 Å². The molecule has 8 nitrogen and oxygen atoms in total. The molecular weight excluding hydrogens is 414 g/mol. The first-order valence-electron chi connectivity index (χ1n) is 8.83. The number of imide groups is 3. The van der Waals surface area contributed by atoms with E-state index >= 15 is 0 Å². The lowest BCUT2D eigenvalue weighted by molar-refractivity contribution is -0.151. The van der Waals surface area contributed by atoms with Crippen LogP contribution in [0.15, 0.2) is 0 Å². The van der Waals surface area contributed by atoms with Crippen LogP contribution in [-0.4, -0.2) is 51.5 Å². The minimum Gasteiger partial charge on any atom is -0.275 e. The quantitative estimate of drug-likeness (QED) is 0.258. The highest BCUT2D eigenvalue weighted by atomic mass is 19.2. The second kappa shape index (κ2) is 6.89. The van der Waals surface area contributed by atoms with Crippen molar-refractivity contribution < 1.29 is 41.5 Å². The molecule has 2 aliphatic heterocycles. The minimum atomic E-state index is -2.68. The number of carbonyl (C=O) groups is 5. The molecule has 0 bridgehead atoms. The number of nitrogens with zero attached hydrogens (tertiary/aromatic N) is 2. The van der Waals surface area contributed by atoms with Gasteiger partial charge in [0.1, 0.15) is 0 Å². The Bertz CT molecular complexity index is 994. The summed E-state index contributed by atoms with van der Waals surface area (Å²) in [6.45, 7) is 4.30. The standard InChI is InChI=1S/C18H15F4N3O5/c1-4-18(15(28)23-17(30)24(16(18)29)5-6(2)3)25-13(26)7-8(14(25)27)10(20)12(22)11(21)9(7)19/h6H,4-5H2,1-3H3,(H,23,28,30). The van der Waals surface area contributed by atoms with E-state index in [1.165, 1.54) is 6.92 Å². The van der Waals surface area contributed by atoms with E-state index < -0.39 is 76.0 Å². The molecule has 1 atom stereocenters. The third kappa shape index (κ3) is 2.55. The fourth-order valence-electron chi connectivity index (χ4n) is 3.57. The van der Waals surface area contributed by atoms with Crippen LogP contribution in [0.1, 0.15) is 47.9 Å². The van der Waals surface area contributed by atoms with Gasteiger partial charge in [0.15, 0.2) is 23.3 Å². The summed E-state index contributed by atoms with van der Waals surface area (Å²) in [5.74, 6) is -15.2. The number of hydrogen-bond donors (Lipinski definition) is 1. The highest BCUT2D eigenvalue weighted by Gasteiger charge is 2.63. The van der Waals surface area contributed by atoms with Gasteiger partial charge >= 0.3 is 6.03 Å². The number of nitrogens with one attached hydrogen (secondary N) is 1. The SMILES string of the molecule is CCC1(N2C(=O)c3c(F)c(F)c(F)c(F)c3C2=O)C(=O)NC(=O)N(CC(C)C)C1=O. The number of amides is 6. The first kappa shape index (κ1) is 21.4. The van der Waals surface area contributed by atoms with Gasteiger partial charge in [-0.2, -0.15) is 0 Å². The van der Waals surface area contributed by atoms with Crippen molar-refractivity contribution in [2.24, 2.45) is 5.92 Å². The number of urea groups is 1. The lowest BCUT2D eigenvalue weighted by Gasteiger charge is -2.43. The molecule has 1 saturated heterocycles. The van der Waals surface area contributed by atoms with Crippen molar-refractivity contribution in [3.63, 3.8) is 0 Å². The van der Waals surface area contributed by atoms with Gasteiger partial charge in [0, 0.05) is 6.54 Å². The Morgan fingerprint density at radius 2 is 1.33 bits per heavy atom. The summed E-state index contributed by atoms with van der Waals surface area (Å²) in [6, 6.07) is -1.10. The van der Waals surface area contributed by atoms with E-state index in [1.54, 1.807) is 13.8 Å². The second-order valence-electron chi connectivity index (χ2n) is 7.23. The topological polar surface area (TPSA) is 104 Å². The third-order valence-electron chi connectivity index (χ3n) is 4.98. The van der Waals surface area contributed by atoms with E-state index in [-0.39, 0.29) is 17.4 Å². The number of rotatable bonds is 4. The van der Waals surface area contributed by atoms with E-state index in [9.17, 15) is 41.5 Å². The summed E-state index contributed by atoms with van der Waals surface area (Å²) in [6.07, 6.45) is -0.570. The van der Waals surface area contributed by atoms with Crippen molar-refractivity contribution in [2.75, 3.05) is 6.54 Å². The molecule has 2 aliphatic rings. The summed E-state index contributed by atoms with van der Waals surface area (Å²) in [7, 11) is 0. The first-order chi connectivity index (χ1) is 13.9. The summed E-state index contributed by atoms with van der Waals surface area (Å²) >= 11 is 0. The van der Waals surface area contributed by atoms with Gasteiger partial charge in [-0.25, -0.2) is 27.3 Å². The van der Waals surface area contributed by atoms with E-state index in [0.717, 1.165) is 0 Å².